The van der Waals surface area contributed by atoms with Crippen molar-refractivity contribution in [1.29, 1.82) is 0 Å². The predicted molar refractivity (Wildman–Crippen MR) is 71.7 cm³/mol. The van der Waals surface area contributed by atoms with Gasteiger partial charge in [-0.15, -0.1) is 0 Å². The maximum Gasteiger partial charge on any atom is 0.303 e. The normalized spacial score (nSPS) is 21.9. The largest absolute Gasteiger partial charge is 0.481 e. The van der Waals surface area contributed by atoms with Crippen LogP contribution >= 0.6 is 0 Å². The van der Waals surface area contributed by atoms with Crippen molar-refractivity contribution in [2.45, 2.75) is 38.1 Å². The number of carboxylic acid groups (broad SMARTS) is 1. The highest BCUT2D eigenvalue weighted by Gasteiger charge is 2.26. The first-order chi connectivity index (χ1) is 8.66. The molecule has 1 N–H and O–H groups in total. The first-order valence-corrected chi connectivity index (χ1v) is 6.67. The zero-order chi connectivity index (χ0) is 13.0. The molecule has 3 heteroatoms. The Morgan fingerprint density at radius 3 is 2.83 bits per heavy atom. The molecule has 0 radical (unpaired) electrons. The van der Waals surface area contributed by atoms with E-state index in [2.05, 4.69) is 36.1 Å². The molecule has 2 rings (SSSR count). The first-order valence-electron chi connectivity index (χ1n) is 6.67. The van der Waals surface area contributed by atoms with Gasteiger partial charge in [-0.3, -0.25) is 4.79 Å². The lowest BCUT2D eigenvalue weighted by Gasteiger charge is -2.23. The van der Waals surface area contributed by atoms with Crippen LogP contribution in [0.5, 0.6) is 0 Å². The maximum atomic E-state index is 10.6. The van der Waals surface area contributed by atoms with Crippen LogP contribution in [0.1, 0.15) is 37.7 Å². The Morgan fingerprint density at radius 2 is 2.17 bits per heavy atom. The summed E-state index contributed by atoms with van der Waals surface area (Å²) in [5, 5.41) is 8.72. The number of hydrogen-bond donors (Lipinski definition) is 1. The van der Waals surface area contributed by atoms with Gasteiger partial charge in [-0.25, -0.2) is 0 Å². The van der Waals surface area contributed by atoms with Crippen LogP contribution in [-0.2, 0) is 4.79 Å². The van der Waals surface area contributed by atoms with E-state index in [0.717, 1.165) is 19.5 Å². The Bertz CT molecular complexity index is 391. The Morgan fingerprint density at radius 1 is 1.44 bits per heavy atom. The summed E-state index contributed by atoms with van der Waals surface area (Å²) >= 11 is 0. The quantitative estimate of drug-likeness (QED) is 0.869. The van der Waals surface area contributed by atoms with Crippen molar-refractivity contribution in [2.24, 2.45) is 0 Å². The van der Waals surface area contributed by atoms with Crippen LogP contribution in [0.15, 0.2) is 30.3 Å². The van der Waals surface area contributed by atoms with Crippen molar-refractivity contribution in [1.82, 2.24) is 4.90 Å². The number of hydrogen-bond acceptors (Lipinski definition) is 2. The standard InChI is InChI=1S/C15H21NO2/c1-12(7-8-15(17)18)16-10-9-14(11-16)13-5-3-2-4-6-13/h2-6,12,14H,7-11H2,1H3,(H,17,18). The SMILES string of the molecule is CC(CCC(=O)O)N1CCC(c2ccccc2)C1. The molecule has 0 bridgehead atoms. The average molecular weight is 247 g/mol. The highest BCUT2D eigenvalue weighted by Crippen LogP contribution is 2.28. The van der Waals surface area contributed by atoms with E-state index in [1.165, 1.54) is 12.0 Å². The van der Waals surface area contributed by atoms with E-state index in [4.69, 9.17) is 5.11 Å². The minimum atomic E-state index is -0.694. The van der Waals surface area contributed by atoms with Gasteiger partial charge in [0.15, 0.2) is 0 Å². The van der Waals surface area contributed by atoms with Crippen molar-refractivity contribution in [3.63, 3.8) is 0 Å². The summed E-state index contributed by atoms with van der Waals surface area (Å²) in [5.74, 6) is -0.0841. The molecular formula is C15H21NO2. The molecule has 1 aliphatic heterocycles. The summed E-state index contributed by atoms with van der Waals surface area (Å²) in [6.07, 6.45) is 2.20. The summed E-state index contributed by atoms with van der Waals surface area (Å²) in [6, 6.07) is 11.0. The lowest BCUT2D eigenvalue weighted by molar-refractivity contribution is -0.137. The third-order valence-electron chi connectivity index (χ3n) is 3.89. The number of carbonyl (C=O) groups is 1. The van der Waals surface area contributed by atoms with Gasteiger partial charge in [0.05, 0.1) is 0 Å². The van der Waals surface area contributed by atoms with E-state index < -0.39 is 5.97 Å². The van der Waals surface area contributed by atoms with Crippen molar-refractivity contribution in [3.05, 3.63) is 35.9 Å². The number of rotatable bonds is 5. The van der Waals surface area contributed by atoms with Crippen LogP contribution in [0.4, 0.5) is 0 Å². The smallest absolute Gasteiger partial charge is 0.303 e. The predicted octanol–water partition coefficient (Wildman–Crippen LogP) is 2.73. The van der Waals surface area contributed by atoms with Gasteiger partial charge >= 0.3 is 5.97 Å². The van der Waals surface area contributed by atoms with Gasteiger partial charge in [0.25, 0.3) is 0 Å². The van der Waals surface area contributed by atoms with Crippen LogP contribution in [0.25, 0.3) is 0 Å². The molecule has 1 heterocycles. The topological polar surface area (TPSA) is 40.5 Å². The Balaban J connectivity index is 1.86. The molecule has 0 saturated carbocycles. The van der Waals surface area contributed by atoms with Gasteiger partial charge < -0.3 is 10.0 Å². The number of benzene rings is 1. The number of likely N-dealkylation sites (tertiary alicyclic amines) is 1. The van der Waals surface area contributed by atoms with Gasteiger partial charge in [0.2, 0.25) is 0 Å². The fourth-order valence-corrected chi connectivity index (χ4v) is 2.70. The van der Waals surface area contributed by atoms with Crippen LogP contribution in [0, 0.1) is 0 Å². The molecule has 1 fully saturated rings. The fourth-order valence-electron chi connectivity index (χ4n) is 2.70. The van der Waals surface area contributed by atoms with Gasteiger partial charge in [-0.05, 0) is 37.8 Å². The molecule has 2 unspecified atom stereocenters. The third kappa shape index (κ3) is 3.33. The molecule has 0 aliphatic carbocycles. The molecule has 98 valence electrons. The molecule has 18 heavy (non-hydrogen) atoms. The number of nitrogens with zero attached hydrogens (tertiary/aromatic N) is 1. The molecule has 1 aliphatic rings. The third-order valence-corrected chi connectivity index (χ3v) is 3.89. The fraction of sp³-hybridized carbons (Fsp3) is 0.533. The second-order valence-electron chi connectivity index (χ2n) is 5.17. The van der Waals surface area contributed by atoms with Gasteiger partial charge in [-0.2, -0.15) is 0 Å². The van der Waals surface area contributed by atoms with Crippen LogP contribution in [0.3, 0.4) is 0 Å². The molecule has 0 amide bonds. The molecule has 2 atom stereocenters. The van der Waals surface area contributed by atoms with Gasteiger partial charge in [0.1, 0.15) is 0 Å². The Labute approximate surface area is 108 Å². The van der Waals surface area contributed by atoms with Crippen molar-refractivity contribution in [3.8, 4) is 0 Å². The van der Waals surface area contributed by atoms with E-state index in [9.17, 15) is 4.79 Å². The number of carboxylic acids is 1. The lowest BCUT2D eigenvalue weighted by Crippen LogP contribution is -2.31. The molecule has 0 aromatic heterocycles. The summed E-state index contributed by atoms with van der Waals surface area (Å²) in [7, 11) is 0. The Hall–Kier alpha value is -1.35. The molecule has 1 aromatic rings. The molecule has 0 spiro atoms. The summed E-state index contributed by atoms with van der Waals surface area (Å²) in [5.41, 5.74) is 1.41. The van der Waals surface area contributed by atoms with E-state index in [-0.39, 0.29) is 6.42 Å². The van der Waals surface area contributed by atoms with Crippen LogP contribution in [0.2, 0.25) is 0 Å². The summed E-state index contributed by atoms with van der Waals surface area (Å²) < 4.78 is 0. The summed E-state index contributed by atoms with van der Waals surface area (Å²) in [4.78, 5) is 13.0. The van der Waals surface area contributed by atoms with E-state index >= 15 is 0 Å². The van der Waals surface area contributed by atoms with Crippen molar-refractivity contribution in [2.75, 3.05) is 13.1 Å². The first kappa shape index (κ1) is 13.1. The van der Waals surface area contributed by atoms with E-state index in [1.807, 2.05) is 6.07 Å². The molecule has 1 saturated heterocycles. The van der Waals surface area contributed by atoms with E-state index in [0.29, 0.717) is 12.0 Å². The summed E-state index contributed by atoms with van der Waals surface area (Å²) in [6.45, 7) is 4.28. The van der Waals surface area contributed by atoms with E-state index in [1.54, 1.807) is 0 Å². The monoisotopic (exact) mass is 247 g/mol. The number of aliphatic carboxylic acids is 1. The van der Waals surface area contributed by atoms with Crippen molar-refractivity contribution >= 4 is 5.97 Å². The second-order valence-corrected chi connectivity index (χ2v) is 5.17. The van der Waals surface area contributed by atoms with Gasteiger partial charge in [0, 0.05) is 19.0 Å². The highest BCUT2D eigenvalue weighted by atomic mass is 16.4. The minimum absolute atomic E-state index is 0.271. The lowest BCUT2D eigenvalue weighted by atomic mass is 9.99. The molecule has 3 nitrogen and oxygen atoms in total. The van der Waals surface area contributed by atoms with Crippen LogP contribution in [-0.4, -0.2) is 35.1 Å². The Kier molecular flexibility index (Phi) is 4.37. The minimum Gasteiger partial charge on any atom is -0.481 e. The molecular weight excluding hydrogens is 226 g/mol. The highest BCUT2D eigenvalue weighted by molar-refractivity contribution is 5.66. The maximum absolute atomic E-state index is 10.6. The van der Waals surface area contributed by atoms with Crippen LogP contribution < -0.4 is 0 Å². The van der Waals surface area contributed by atoms with Gasteiger partial charge in [-0.1, -0.05) is 30.3 Å². The molecule has 1 aromatic carbocycles. The zero-order valence-corrected chi connectivity index (χ0v) is 10.9. The zero-order valence-electron chi connectivity index (χ0n) is 10.9. The second kappa shape index (κ2) is 6.01. The van der Waals surface area contributed by atoms with Crippen molar-refractivity contribution < 1.29 is 9.90 Å². The average Bonchev–Trinajstić information content (AvgIpc) is 2.86.